The Morgan fingerprint density at radius 3 is 2.57 bits per heavy atom. The molecule has 1 heterocycles. The van der Waals surface area contributed by atoms with Gasteiger partial charge >= 0.3 is 0 Å². The molecule has 0 saturated carbocycles. The lowest BCUT2D eigenvalue weighted by atomic mass is 10.1. The van der Waals surface area contributed by atoms with E-state index in [0.29, 0.717) is 10.7 Å². The Bertz CT molecular complexity index is 482. The van der Waals surface area contributed by atoms with Crippen LogP contribution in [0.15, 0.2) is 30.3 Å². The van der Waals surface area contributed by atoms with Crippen molar-refractivity contribution in [3.63, 3.8) is 0 Å². The smallest absolute Gasteiger partial charge is 0.181 e. The molecule has 0 spiro atoms. The van der Waals surface area contributed by atoms with Gasteiger partial charge in [-0.05, 0) is 0 Å². The van der Waals surface area contributed by atoms with Crippen LogP contribution in [0.2, 0.25) is 5.02 Å². The minimum atomic E-state index is 0.227. The number of benzene rings is 1. The van der Waals surface area contributed by atoms with Crippen molar-refractivity contribution in [2.24, 2.45) is 0 Å². The summed E-state index contributed by atoms with van der Waals surface area (Å²) in [5, 5.41) is 15.6. The molecule has 0 aliphatic heterocycles. The molecule has 0 atom stereocenters. The number of rotatable bonds is 1. The summed E-state index contributed by atoms with van der Waals surface area (Å²) in [6.45, 7) is 0. The van der Waals surface area contributed by atoms with E-state index >= 15 is 0 Å². The van der Waals surface area contributed by atoms with Gasteiger partial charge in [-0.2, -0.15) is 10.4 Å². The Balaban J connectivity index is 2.54. The van der Waals surface area contributed by atoms with Gasteiger partial charge in [-0.25, -0.2) is 0 Å². The molecule has 1 N–H and O–H groups in total. The zero-order valence-corrected chi connectivity index (χ0v) is 7.92. The fourth-order valence-corrected chi connectivity index (χ4v) is 1.43. The third-order valence-corrected chi connectivity index (χ3v) is 2.24. The van der Waals surface area contributed by atoms with Crippen molar-refractivity contribution in [3.8, 4) is 17.3 Å². The number of nitrogens with one attached hydrogen (secondary N) is 1. The van der Waals surface area contributed by atoms with E-state index < -0.39 is 0 Å². The highest BCUT2D eigenvalue weighted by Gasteiger charge is 2.11. The van der Waals surface area contributed by atoms with E-state index in [1.54, 1.807) is 0 Å². The van der Waals surface area contributed by atoms with Crippen molar-refractivity contribution >= 4 is 11.6 Å². The van der Waals surface area contributed by atoms with Gasteiger partial charge in [0.05, 0.1) is 5.69 Å². The first-order valence-corrected chi connectivity index (χ1v) is 4.40. The van der Waals surface area contributed by atoms with E-state index in [1.807, 2.05) is 36.4 Å². The lowest BCUT2D eigenvalue weighted by Gasteiger charge is -1.96. The standard InChI is InChI=1S/C10H6ClN3/c11-9-8(6-12)13-14-10(9)7-4-2-1-3-5-7/h1-5H,(H,13,14). The second kappa shape index (κ2) is 3.52. The van der Waals surface area contributed by atoms with Crippen LogP contribution in [0, 0.1) is 11.3 Å². The van der Waals surface area contributed by atoms with Crippen LogP contribution in [0.3, 0.4) is 0 Å². The van der Waals surface area contributed by atoms with E-state index in [9.17, 15) is 0 Å². The molecule has 0 radical (unpaired) electrons. The highest BCUT2D eigenvalue weighted by Crippen LogP contribution is 2.27. The molecule has 1 aromatic heterocycles. The van der Waals surface area contributed by atoms with E-state index in [-0.39, 0.29) is 5.69 Å². The maximum Gasteiger partial charge on any atom is 0.181 e. The van der Waals surface area contributed by atoms with Gasteiger partial charge in [0.2, 0.25) is 0 Å². The van der Waals surface area contributed by atoms with Crippen molar-refractivity contribution < 1.29 is 0 Å². The fourth-order valence-electron chi connectivity index (χ4n) is 1.20. The molecule has 0 amide bonds. The van der Waals surface area contributed by atoms with Gasteiger partial charge in [0, 0.05) is 5.56 Å². The molecule has 2 aromatic rings. The van der Waals surface area contributed by atoms with Crippen molar-refractivity contribution in [1.82, 2.24) is 10.2 Å². The van der Waals surface area contributed by atoms with Crippen molar-refractivity contribution in [3.05, 3.63) is 41.0 Å². The normalized spacial score (nSPS) is 9.71. The Hall–Kier alpha value is -1.79. The van der Waals surface area contributed by atoms with Gasteiger partial charge in [0.15, 0.2) is 5.69 Å². The van der Waals surface area contributed by atoms with Crippen LogP contribution in [-0.4, -0.2) is 10.2 Å². The molecule has 14 heavy (non-hydrogen) atoms. The molecule has 0 saturated heterocycles. The minimum absolute atomic E-state index is 0.227. The largest absolute Gasteiger partial charge is 0.275 e. The summed E-state index contributed by atoms with van der Waals surface area (Å²) in [6, 6.07) is 11.4. The maximum atomic E-state index is 8.66. The summed E-state index contributed by atoms with van der Waals surface area (Å²) >= 11 is 5.94. The van der Waals surface area contributed by atoms with Gasteiger partial charge in [-0.15, -0.1) is 0 Å². The molecular formula is C10H6ClN3. The average Bonchev–Trinajstić information content (AvgIpc) is 2.61. The number of nitriles is 1. The Morgan fingerprint density at radius 2 is 2.00 bits per heavy atom. The lowest BCUT2D eigenvalue weighted by Crippen LogP contribution is -1.76. The number of H-pyrrole nitrogens is 1. The summed E-state index contributed by atoms with van der Waals surface area (Å²) in [5.41, 5.74) is 1.83. The molecule has 0 fully saturated rings. The minimum Gasteiger partial charge on any atom is -0.275 e. The summed E-state index contributed by atoms with van der Waals surface area (Å²) in [7, 11) is 0. The molecule has 0 aliphatic rings. The maximum absolute atomic E-state index is 8.66. The first-order valence-electron chi connectivity index (χ1n) is 4.02. The zero-order chi connectivity index (χ0) is 9.97. The average molecular weight is 204 g/mol. The SMILES string of the molecule is N#Cc1n[nH]c(-c2ccccc2)c1Cl. The van der Waals surface area contributed by atoms with E-state index in [0.717, 1.165) is 5.56 Å². The first-order chi connectivity index (χ1) is 6.83. The monoisotopic (exact) mass is 203 g/mol. The second-order valence-electron chi connectivity index (χ2n) is 2.74. The predicted octanol–water partition coefficient (Wildman–Crippen LogP) is 2.60. The highest BCUT2D eigenvalue weighted by molar-refractivity contribution is 6.34. The molecule has 4 heteroatoms. The Morgan fingerprint density at radius 1 is 1.29 bits per heavy atom. The number of aromatic nitrogens is 2. The van der Waals surface area contributed by atoms with Gasteiger partial charge in [0.25, 0.3) is 0 Å². The Labute approximate surface area is 85.9 Å². The highest BCUT2D eigenvalue weighted by atomic mass is 35.5. The summed E-state index contributed by atoms with van der Waals surface area (Å²) < 4.78 is 0. The number of nitrogens with zero attached hydrogens (tertiary/aromatic N) is 2. The van der Waals surface area contributed by atoms with Crippen LogP contribution in [0.5, 0.6) is 0 Å². The number of hydrogen-bond acceptors (Lipinski definition) is 2. The molecule has 0 bridgehead atoms. The van der Waals surface area contributed by atoms with Crippen molar-refractivity contribution in [2.45, 2.75) is 0 Å². The van der Waals surface area contributed by atoms with Gasteiger partial charge in [-0.1, -0.05) is 41.9 Å². The fraction of sp³-hybridized carbons (Fsp3) is 0. The number of aromatic amines is 1. The van der Waals surface area contributed by atoms with Crippen LogP contribution in [0.25, 0.3) is 11.3 Å². The van der Waals surface area contributed by atoms with E-state index in [4.69, 9.17) is 16.9 Å². The number of hydrogen-bond donors (Lipinski definition) is 1. The van der Waals surface area contributed by atoms with Crippen LogP contribution in [0.1, 0.15) is 5.69 Å². The van der Waals surface area contributed by atoms with Crippen LogP contribution < -0.4 is 0 Å². The zero-order valence-electron chi connectivity index (χ0n) is 7.16. The molecule has 1 aromatic carbocycles. The predicted molar refractivity (Wildman–Crippen MR) is 53.7 cm³/mol. The van der Waals surface area contributed by atoms with Crippen molar-refractivity contribution in [2.75, 3.05) is 0 Å². The quantitative estimate of drug-likeness (QED) is 0.775. The third-order valence-electron chi connectivity index (χ3n) is 1.88. The Kier molecular flexibility index (Phi) is 2.21. The van der Waals surface area contributed by atoms with Crippen LogP contribution >= 0.6 is 11.6 Å². The van der Waals surface area contributed by atoms with Gasteiger partial charge in [0.1, 0.15) is 11.1 Å². The van der Waals surface area contributed by atoms with Crippen molar-refractivity contribution in [1.29, 1.82) is 5.26 Å². The molecular weight excluding hydrogens is 198 g/mol. The van der Waals surface area contributed by atoms with Gasteiger partial charge < -0.3 is 0 Å². The third kappa shape index (κ3) is 1.36. The number of halogens is 1. The molecule has 0 aliphatic carbocycles. The van der Waals surface area contributed by atoms with E-state index in [1.165, 1.54) is 0 Å². The first kappa shape index (κ1) is 8.79. The molecule has 3 nitrogen and oxygen atoms in total. The van der Waals surface area contributed by atoms with Crippen LogP contribution in [-0.2, 0) is 0 Å². The van der Waals surface area contributed by atoms with Crippen LogP contribution in [0.4, 0.5) is 0 Å². The lowest BCUT2D eigenvalue weighted by molar-refractivity contribution is 1.08. The summed E-state index contributed by atoms with van der Waals surface area (Å²) in [5.74, 6) is 0. The molecule has 68 valence electrons. The molecule has 0 unspecified atom stereocenters. The topological polar surface area (TPSA) is 52.5 Å². The van der Waals surface area contributed by atoms with E-state index in [2.05, 4.69) is 10.2 Å². The summed E-state index contributed by atoms with van der Waals surface area (Å²) in [4.78, 5) is 0. The van der Waals surface area contributed by atoms with Gasteiger partial charge in [-0.3, -0.25) is 5.10 Å². The molecule has 2 rings (SSSR count). The summed E-state index contributed by atoms with van der Waals surface area (Å²) in [6.07, 6.45) is 0. The second-order valence-corrected chi connectivity index (χ2v) is 3.12.